The topological polar surface area (TPSA) is 34.6 Å². The zero-order valence-electron chi connectivity index (χ0n) is 26.6. The Kier molecular flexibility index (Phi) is 6.98. The molecule has 226 valence electrons. The van der Waals surface area contributed by atoms with Gasteiger partial charge in [-0.05, 0) is 131 Å². The molecule has 4 nitrogen and oxygen atoms in total. The van der Waals surface area contributed by atoms with Crippen LogP contribution < -0.4 is 9.80 Å². The van der Waals surface area contributed by atoms with Gasteiger partial charge in [-0.2, -0.15) is 5.26 Å². The fraction of sp³-hybridized carbons (Fsp3) is 0.0455. The molecule has 8 aromatic rings. The molecule has 4 heteroatoms. The highest BCUT2D eigenvalue weighted by Crippen LogP contribution is 2.49. The van der Waals surface area contributed by atoms with Gasteiger partial charge in [0.25, 0.3) is 0 Å². The quantitative estimate of drug-likeness (QED) is 0.138. The molecule has 0 radical (unpaired) electrons. The van der Waals surface area contributed by atoms with Crippen molar-refractivity contribution in [1.82, 2.24) is 0 Å². The minimum absolute atomic E-state index is 0.617. The first kappa shape index (κ1) is 28.8. The molecule has 0 aliphatic carbocycles. The molecule has 8 aromatic carbocycles. The second kappa shape index (κ2) is 11.6. The molecule has 0 aliphatic heterocycles. The van der Waals surface area contributed by atoms with Gasteiger partial charge in [-0.15, -0.1) is 0 Å². The molecule has 0 heterocycles. The number of nitrogens with zero attached hydrogens (tertiary/aromatic N) is 4. The van der Waals surface area contributed by atoms with E-state index in [0.717, 1.165) is 34.1 Å². The van der Waals surface area contributed by atoms with Crippen LogP contribution >= 0.6 is 0 Å². The normalized spacial score (nSPS) is 11.1. The molecular weight excluding hydrogens is 585 g/mol. The van der Waals surface area contributed by atoms with Gasteiger partial charge in [-0.25, -0.2) is 4.85 Å². The number of nitriles is 1. The van der Waals surface area contributed by atoms with Crippen molar-refractivity contribution in [2.24, 2.45) is 0 Å². The fourth-order valence-corrected chi connectivity index (χ4v) is 7.05. The number of para-hydroxylation sites is 2. The largest absolute Gasteiger partial charge is 0.310 e. The van der Waals surface area contributed by atoms with E-state index in [0.29, 0.717) is 11.3 Å². The third kappa shape index (κ3) is 4.68. The molecule has 0 spiro atoms. The summed E-state index contributed by atoms with van der Waals surface area (Å²) >= 11 is 0. The highest BCUT2D eigenvalue weighted by Gasteiger charge is 2.23. The van der Waals surface area contributed by atoms with Crippen molar-refractivity contribution in [3.05, 3.63) is 174 Å². The second-order valence-corrected chi connectivity index (χ2v) is 12.1. The van der Waals surface area contributed by atoms with E-state index in [1.807, 2.05) is 60.7 Å². The Labute approximate surface area is 280 Å². The average Bonchev–Trinajstić information content (AvgIpc) is 3.14. The first-order valence-electron chi connectivity index (χ1n) is 16.0. The number of aryl methyl sites for hydroxylation is 2. The van der Waals surface area contributed by atoms with Crippen molar-refractivity contribution in [2.45, 2.75) is 13.8 Å². The maximum absolute atomic E-state index is 9.51. The van der Waals surface area contributed by atoms with Crippen LogP contribution in [0.25, 0.3) is 37.2 Å². The van der Waals surface area contributed by atoms with Crippen molar-refractivity contribution in [1.29, 1.82) is 5.26 Å². The molecule has 0 bridgehead atoms. The highest BCUT2D eigenvalue weighted by atomic mass is 15.1. The van der Waals surface area contributed by atoms with Crippen LogP contribution in [0.4, 0.5) is 39.8 Å². The van der Waals surface area contributed by atoms with E-state index >= 15 is 0 Å². The predicted octanol–water partition coefficient (Wildman–Crippen LogP) is 12.6. The van der Waals surface area contributed by atoms with Gasteiger partial charge in [0.1, 0.15) is 0 Å². The molecule has 0 aromatic heterocycles. The van der Waals surface area contributed by atoms with E-state index in [-0.39, 0.29) is 0 Å². The van der Waals surface area contributed by atoms with E-state index in [9.17, 15) is 5.26 Å². The fourth-order valence-electron chi connectivity index (χ4n) is 7.05. The van der Waals surface area contributed by atoms with Crippen molar-refractivity contribution < 1.29 is 0 Å². The number of benzene rings is 8. The van der Waals surface area contributed by atoms with E-state index < -0.39 is 0 Å². The van der Waals surface area contributed by atoms with Gasteiger partial charge >= 0.3 is 0 Å². The average molecular weight is 615 g/mol. The maximum atomic E-state index is 9.51. The van der Waals surface area contributed by atoms with Crippen LogP contribution in [0.5, 0.6) is 0 Å². The number of anilines is 6. The Balaban J connectivity index is 1.44. The van der Waals surface area contributed by atoms with Crippen LogP contribution in [0, 0.1) is 31.8 Å². The lowest BCUT2D eigenvalue weighted by atomic mass is 9.87. The molecule has 0 N–H and O–H groups in total. The summed E-state index contributed by atoms with van der Waals surface area (Å²) in [4.78, 5) is 8.21. The lowest BCUT2D eigenvalue weighted by Gasteiger charge is -2.30. The Morgan fingerprint density at radius 3 is 1.33 bits per heavy atom. The molecule has 0 unspecified atom stereocenters. The summed E-state index contributed by atoms with van der Waals surface area (Å²) in [6.45, 7) is 11.9. The number of hydrogen-bond donors (Lipinski definition) is 0. The van der Waals surface area contributed by atoms with E-state index in [1.165, 1.54) is 43.4 Å². The standard InChI is InChI=1S/C44H30N4/c1-29-26-39-41(47(33-10-6-4-7-11-33)35-18-14-31(28-45)15-19-35)24-22-37-30(2)27-40-42(25-23-38(29)44(40)43(37)39)48(34-12-8-5-9-13-34)36-20-16-32(46-3)17-21-36/h4-27H,1-2H3. The van der Waals surface area contributed by atoms with Crippen molar-refractivity contribution in [3.63, 3.8) is 0 Å². The van der Waals surface area contributed by atoms with Crippen LogP contribution in [0.15, 0.2) is 146 Å². The summed E-state index contributed by atoms with van der Waals surface area (Å²) in [5.74, 6) is 0. The van der Waals surface area contributed by atoms with Crippen molar-refractivity contribution in [3.8, 4) is 6.07 Å². The van der Waals surface area contributed by atoms with Gasteiger partial charge in [-0.1, -0.05) is 60.7 Å². The predicted molar refractivity (Wildman–Crippen MR) is 200 cm³/mol. The third-order valence-corrected chi connectivity index (χ3v) is 9.27. The van der Waals surface area contributed by atoms with Crippen LogP contribution in [0.1, 0.15) is 16.7 Å². The minimum Gasteiger partial charge on any atom is -0.310 e. The summed E-state index contributed by atoms with van der Waals surface area (Å²) in [6, 6.07) is 52.4. The molecule has 8 rings (SSSR count). The highest BCUT2D eigenvalue weighted by molar-refractivity contribution is 6.29. The molecule has 0 saturated heterocycles. The molecular formula is C44H30N4. The Morgan fingerprint density at radius 1 is 0.500 bits per heavy atom. The summed E-state index contributed by atoms with van der Waals surface area (Å²) in [7, 11) is 0. The van der Waals surface area contributed by atoms with Gasteiger partial charge in [0.2, 0.25) is 0 Å². The zero-order valence-corrected chi connectivity index (χ0v) is 26.6. The van der Waals surface area contributed by atoms with Gasteiger partial charge < -0.3 is 9.80 Å². The molecule has 0 atom stereocenters. The Bertz CT molecular complexity index is 2340. The summed E-state index contributed by atoms with van der Waals surface area (Å²) < 4.78 is 0. The van der Waals surface area contributed by atoms with Crippen LogP contribution in [0.2, 0.25) is 0 Å². The Hall–Kier alpha value is -6.62. The second-order valence-electron chi connectivity index (χ2n) is 12.1. The van der Waals surface area contributed by atoms with Crippen molar-refractivity contribution >= 4 is 72.1 Å². The van der Waals surface area contributed by atoms with Crippen LogP contribution in [0.3, 0.4) is 0 Å². The molecule has 48 heavy (non-hydrogen) atoms. The lowest BCUT2D eigenvalue weighted by molar-refractivity contribution is 1.29. The third-order valence-electron chi connectivity index (χ3n) is 9.27. The van der Waals surface area contributed by atoms with Gasteiger partial charge in [0.05, 0.1) is 29.6 Å². The zero-order chi connectivity index (χ0) is 32.8. The molecule has 0 saturated carbocycles. The first-order chi connectivity index (χ1) is 23.6. The van der Waals surface area contributed by atoms with E-state index in [2.05, 4.69) is 119 Å². The van der Waals surface area contributed by atoms with Gasteiger partial charge in [-0.3, -0.25) is 0 Å². The van der Waals surface area contributed by atoms with E-state index in [1.54, 1.807) is 0 Å². The summed E-state index contributed by atoms with van der Waals surface area (Å²) in [5, 5.41) is 16.8. The van der Waals surface area contributed by atoms with Crippen LogP contribution in [-0.2, 0) is 0 Å². The summed E-state index contributed by atoms with van der Waals surface area (Å²) in [6.07, 6.45) is 0. The smallest absolute Gasteiger partial charge is 0.187 e. The minimum atomic E-state index is 0.617. The molecule has 0 amide bonds. The van der Waals surface area contributed by atoms with Gasteiger partial charge in [0.15, 0.2) is 5.69 Å². The maximum Gasteiger partial charge on any atom is 0.187 e. The summed E-state index contributed by atoms with van der Waals surface area (Å²) in [5.41, 5.74) is 9.90. The van der Waals surface area contributed by atoms with Crippen molar-refractivity contribution in [2.75, 3.05) is 9.80 Å². The number of hydrogen-bond acceptors (Lipinski definition) is 3. The van der Waals surface area contributed by atoms with E-state index in [4.69, 9.17) is 6.57 Å². The SMILES string of the molecule is [C-]#[N+]c1ccc(N(c2ccccc2)c2ccc3c(C)cc4c(N(c5ccccc5)c5ccc(C#N)cc5)ccc5c(C)cc2c3c54)cc1. The first-order valence-corrected chi connectivity index (χ1v) is 16.0. The molecule has 0 fully saturated rings. The Morgan fingerprint density at radius 2 is 0.917 bits per heavy atom. The van der Waals surface area contributed by atoms with Gasteiger partial charge in [0, 0.05) is 33.5 Å². The molecule has 0 aliphatic rings. The number of rotatable bonds is 6. The van der Waals surface area contributed by atoms with Crippen LogP contribution in [-0.4, -0.2) is 0 Å². The lowest BCUT2D eigenvalue weighted by Crippen LogP contribution is -2.12. The monoisotopic (exact) mass is 614 g/mol.